The number of amides is 1. The number of anilines is 1. The van der Waals surface area contributed by atoms with Gasteiger partial charge in [-0.25, -0.2) is 0 Å². The van der Waals surface area contributed by atoms with Crippen LogP contribution in [0.5, 0.6) is 0 Å². The van der Waals surface area contributed by atoms with Gasteiger partial charge in [0.25, 0.3) is 0 Å². The quantitative estimate of drug-likeness (QED) is 0.877. The van der Waals surface area contributed by atoms with Crippen LogP contribution in [0.25, 0.3) is 0 Å². The Bertz CT molecular complexity index is 468. The normalized spacial score (nSPS) is 22.8. The number of benzene rings is 1. The molecule has 1 aliphatic rings. The number of carbonyl (C=O) groups is 1. The van der Waals surface area contributed by atoms with Crippen molar-refractivity contribution in [3.05, 3.63) is 29.3 Å². The van der Waals surface area contributed by atoms with Crippen molar-refractivity contribution in [1.82, 2.24) is 5.32 Å². The molecule has 0 saturated carbocycles. The Kier molecular flexibility index (Phi) is 4.25. The molecule has 1 aromatic rings. The minimum absolute atomic E-state index is 0.0559. The van der Waals surface area contributed by atoms with Crippen LogP contribution in [-0.4, -0.2) is 18.5 Å². The van der Waals surface area contributed by atoms with E-state index >= 15 is 0 Å². The lowest BCUT2D eigenvalue weighted by Gasteiger charge is -2.20. The number of para-hydroxylation sites is 1. The zero-order chi connectivity index (χ0) is 14.0. The maximum Gasteiger partial charge on any atom is 0.241 e. The Hall–Kier alpha value is -1.35. The molecule has 1 heterocycles. The number of hydrogen-bond acceptors (Lipinski definition) is 2. The predicted molar refractivity (Wildman–Crippen MR) is 79.5 cm³/mol. The lowest BCUT2D eigenvalue weighted by molar-refractivity contribution is -0.118. The van der Waals surface area contributed by atoms with Gasteiger partial charge in [0.2, 0.25) is 5.91 Å². The van der Waals surface area contributed by atoms with Crippen molar-refractivity contribution in [2.45, 2.75) is 46.1 Å². The zero-order valence-corrected chi connectivity index (χ0v) is 12.3. The Balaban J connectivity index is 2.21. The summed E-state index contributed by atoms with van der Waals surface area (Å²) >= 11 is 0. The van der Waals surface area contributed by atoms with Gasteiger partial charge in [0, 0.05) is 5.69 Å². The summed E-state index contributed by atoms with van der Waals surface area (Å²) in [5.41, 5.74) is 3.33. The van der Waals surface area contributed by atoms with E-state index in [2.05, 4.69) is 43.5 Å². The molecular weight excluding hydrogens is 236 g/mol. The fourth-order valence-electron chi connectivity index (χ4n) is 2.73. The molecule has 1 fully saturated rings. The van der Waals surface area contributed by atoms with Gasteiger partial charge in [0.05, 0.1) is 6.04 Å². The molecule has 2 N–H and O–H groups in total. The van der Waals surface area contributed by atoms with Crippen LogP contribution < -0.4 is 10.6 Å². The van der Waals surface area contributed by atoms with Crippen LogP contribution in [0, 0.1) is 12.8 Å². The molecule has 1 saturated heterocycles. The van der Waals surface area contributed by atoms with E-state index in [0.717, 1.165) is 24.2 Å². The van der Waals surface area contributed by atoms with Gasteiger partial charge in [-0.1, -0.05) is 39.0 Å². The molecule has 0 radical (unpaired) electrons. The second kappa shape index (κ2) is 5.74. The second-order valence-corrected chi connectivity index (χ2v) is 5.88. The summed E-state index contributed by atoms with van der Waals surface area (Å²) in [4.78, 5) is 12.4. The topological polar surface area (TPSA) is 41.1 Å². The lowest BCUT2D eigenvalue weighted by Crippen LogP contribution is -2.39. The van der Waals surface area contributed by atoms with Crippen LogP contribution in [0.1, 0.15) is 44.2 Å². The average molecular weight is 260 g/mol. The first kappa shape index (κ1) is 14.1. The average Bonchev–Trinajstić information content (AvgIpc) is 2.77. The number of hydrogen-bond donors (Lipinski definition) is 2. The first-order valence-corrected chi connectivity index (χ1v) is 7.14. The van der Waals surface area contributed by atoms with E-state index in [4.69, 9.17) is 0 Å². The van der Waals surface area contributed by atoms with Gasteiger partial charge in [-0.15, -0.1) is 0 Å². The molecule has 104 valence electrons. The van der Waals surface area contributed by atoms with Gasteiger partial charge < -0.3 is 10.6 Å². The summed E-state index contributed by atoms with van der Waals surface area (Å²) < 4.78 is 0. The van der Waals surface area contributed by atoms with Crippen molar-refractivity contribution in [3.63, 3.8) is 0 Å². The van der Waals surface area contributed by atoms with Crippen LogP contribution >= 0.6 is 0 Å². The van der Waals surface area contributed by atoms with E-state index in [-0.39, 0.29) is 11.9 Å². The van der Waals surface area contributed by atoms with E-state index in [0.29, 0.717) is 11.8 Å². The van der Waals surface area contributed by atoms with E-state index in [9.17, 15) is 4.79 Å². The number of aryl methyl sites for hydroxylation is 1. The molecular formula is C16H24N2O. The number of nitrogens with one attached hydrogen (secondary N) is 2. The molecule has 2 unspecified atom stereocenters. The molecule has 1 amide bonds. The summed E-state index contributed by atoms with van der Waals surface area (Å²) in [6.07, 6.45) is 1.07. The molecule has 2 atom stereocenters. The third kappa shape index (κ3) is 2.98. The van der Waals surface area contributed by atoms with Gasteiger partial charge in [0.1, 0.15) is 0 Å². The summed E-state index contributed by atoms with van der Waals surface area (Å²) in [6, 6.07) is 6.14. The Morgan fingerprint density at radius 3 is 2.74 bits per heavy atom. The third-order valence-corrected chi connectivity index (χ3v) is 3.99. The molecule has 2 rings (SSSR count). The molecule has 0 spiro atoms. The second-order valence-electron chi connectivity index (χ2n) is 5.88. The van der Waals surface area contributed by atoms with Gasteiger partial charge in [-0.05, 0) is 42.9 Å². The van der Waals surface area contributed by atoms with Crippen LogP contribution in [0.3, 0.4) is 0 Å². The molecule has 1 aliphatic heterocycles. The fourth-order valence-corrected chi connectivity index (χ4v) is 2.73. The number of carbonyl (C=O) groups excluding carboxylic acids is 1. The van der Waals surface area contributed by atoms with Crippen molar-refractivity contribution >= 4 is 11.6 Å². The summed E-state index contributed by atoms with van der Waals surface area (Å²) in [5, 5.41) is 6.41. The molecule has 3 heteroatoms. The molecule has 1 aromatic carbocycles. The molecule has 3 nitrogen and oxygen atoms in total. The van der Waals surface area contributed by atoms with Crippen LogP contribution in [0.15, 0.2) is 18.2 Å². The van der Waals surface area contributed by atoms with Crippen molar-refractivity contribution in [1.29, 1.82) is 0 Å². The Morgan fingerprint density at radius 2 is 2.16 bits per heavy atom. The first-order chi connectivity index (χ1) is 9.00. The highest BCUT2D eigenvalue weighted by Crippen LogP contribution is 2.28. The largest absolute Gasteiger partial charge is 0.324 e. The monoisotopic (exact) mass is 260 g/mol. The van der Waals surface area contributed by atoms with E-state index in [1.165, 1.54) is 5.56 Å². The van der Waals surface area contributed by atoms with Crippen molar-refractivity contribution < 1.29 is 4.79 Å². The lowest BCUT2D eigenvalue weighted by atomic mass is 9.97. The van der Waals surface area contributed by atoms with Crippen LogP contribution in [-0.2, 0) is 4.79 Å². The highest BCUT2D eigenvalue weighted by molar-refractivity contribution is 5.96. The first-order valence-electron chi connectivity index (χ1n) is 7.14. The minimum Gasteiger partial charge on any atom is -0.324 e. The van der Waals surface area contributed by atoms with Gasteiger partial charge >= 0.3 is 0 Å². The van der Waals surface area contributed by atoms with Crippen molar-refractivity contribution in [2.24, 2.45) is 5.92 Å². The smallest absolute Gasteiger partial charge is 0.241 e. The summed E-state index contributed by atoms with van der Waals surface area (Å²) in [6.45, 7) is 9.42. The van der Waals surface area contributed by atoms with Crippen molar-refractivity contribution in [2.75, 3.05) is 11.9 Å². The Labute approximate surface area is 115 Å². The van der Waals surface area contributed by atoms with E-state index < -0.39 is 0 Å². The molecule has 0 bridgehead atoms. The van der Waals surface area contributed by atoms with Crippen LogP contribution in [0.2, 0.25) is 0 Å². The maximum absolute atomic E-state index is 12.4. The van der Waals surface area contributed by atoms with Gasteiger partial charge in [-0.3, -0.25) is 4.79 Å². The SMILES string of the molecule is Cc1cccc(C(C)C)c1NC(=O)C1NCCC1C. The summed E-state index contributed by atoms with van der Waals surface area (Å²) in [7, 11) is 0. The molecule has 0 aromatic heterocycles. The standard InChI is InChI=1S/C16H24N2O/c1-10(2)13-7-5-6-11(3)14(13)18-16(19)15-12(4)8-9-17-15/h5-7,10,12,15,17H,8-9H2,1-4H3,(H,18,19). The van der Waals surface area contributed by atoms with Crippen LogP contribution in [0.4, 0.5) is 5.69 Å². The predicted octanol–water partition coefficient (Wildman–Crippen LogP) is 3.05. The van der Waals surface area contributed by atoms with Gasteiger partial charge in [-0.2, -0.15) is 0 Å². The van der Waals surface area contributed by atoms with E-state index in [1.54, 1.807) is 0 Å². The minimum atomic E-state index is -0.0559. The molecule has 19 heavy (non-hydrogen) atoms. The Morgan fingerprint density at radius 1 is 1.42 bits per heavy atom. The fraction of sp³-hybridized carbons (Fsp3) is 0.562. The van der Waals surface area contributed by atoms with E-state index in [1.807, 2.05) is 13.0 Å². The van der Waals surface area contributed by atoms with Crippen molar-refractivity contribution in [3.8, 4) is 0 Å². The maximum atomic E-state index is 12.4. The zero-order valence-electron chi connectivity index (χ0n) is 12.3. The highest BCUT2D eigenvalue weighted by atomic mass is 16.2. The highest BCUT2D eigenvalue weighted by Gasteiger charge is 2.29. The summed E-state index contributed by atoms with van der Waals surface area (Å²) in [5.74, 6) is 0.914. The third-order valence-electron chi connectivity index (χ3n) is 3.99. The van der Waals surface area contributed by atoms with Gasteiger partial charge in [0.15, 0.2) is 0 Å². The number of rotatable bonds is 3. The molecule has 0 aliphatic carbocycles.